The molecule has 1 unspecified atom stereocenters. The lowest BCUT2D eigenvalue weighted by molar-refractivity contribution is -0.143. The van der Waals surface area contributed by atoms with E-state index in [0.717, 1.165) is 5.56 Å². The SMILES string of the molecule is COc1cc2c(c(OC)c1OC(C)=O)[C@H]1c3c(cc(OC(C)=O)c(OC)c3OC)C(=O)[C@@H](C2)C1COC(C)=O. The number of Topliss-reactive ketones (excluding diaryl/α,β-unsaturated/α-hetero) is 1. The van der Waals surface area contributed by atoms with Crippen molar-refractivity contribution in [2.75, 3.05) is 35.0 Å². The minimum absolute atomic E-state index is 0.0352. The molecule has 11 heteroatoms. The third-order valence-corrected chi connectivity index (χ3v) is 6.99. The second-order valence-electron chi connectivity index (χ2n) is 9.22. The first kappa shape index (κ1) is 27.7. The Morgan fingerprint density at radius 2 is 1.36 bits per heavy atom. The molecule has 0 aliphatic heterocycles. The number of carbonyl (C=O) groups is 4. The molecule has 2 aromatic rings. The number of esters is 3. The molecule has 2 aliphatic carbocycles. The fourth-order valence-corrected chi connectivity index (χ4v) is 5.66. The summed E-state index contributed by atoms with van der Waals surface area (Å²) in [6, 6.07) is 3.18. The minimum Gasteiger partial charge on any atom is -0.493 e. The Labute approximate surface area is 225 Å². The van der Waals surface area contributed by atoms with Crippen LogP contribution in [0.1, 0.15) is 53.7 Å². The third-order valence-electron chi connectivity index (χ3n) is 6.99. The standard InChI is InChI=1S/C28H30O11/c1-12(29)37-11-18-16-8-15-9-19(33-4)26(39-14(3)31)27(35-6)21(15)22(18)23-17(24(16)32)10-20(38-13(2)30)25(34-5)28(23)36-7/h9-10,16,18,22H,8,11H2,1-7H3/t16-,18?,22-/m0/s1. The van der Waals surface area contributed by atoms with Crippen molar-refractivity contribution in [1.29, 1.82) is 0 Å². The van der Waals surface area contributed by atoms with Crippen LogP contribution in [0.4, 0.5) is 0 Å². The summed E-state index contributed by atoms with van der Waals surface area (Å²) in [6.07, 6.45) is 0.264. The summed E-state index contributed by atoms with van der Waals surface area (Å²) in [5, 5.41) is 0. The van der Waals surface area contributed by atoms with Gasteiger partial charge in [0.05, 0.1) is 35.0 Å². The Bertz CT molecular complexity index is 1360. The summed E-state index contributed by atoms with van der Waals surface area (Å²) in [5.74, 6) is -2.76. The number of fused-ring (bicyclic) bond motifs is 6. The highest BCUT2D eigenvalue weighted by Gasteiger charge is 2.51. The lowest BCUT2D eigenvalue weighted by Crippen LogP contribution is -2.43. The highest BCUT2D eigenvalue weighted by molar-refractivity contribution is 6.04. The average Bonchev–Trinajstić information content (AvgIpc) is 2.88. The maximum atomic E-state index is 14.0. The lowest BCUT2D eigenvalue weighted by Gasteiger charge is -2.44. The second-order valence-corrected chi connectivity index (χ2v) is 9.22. The Balaban J connectivity index is 2.11. The maximum absolute atomic E-state index is 14.0. The highest BCUT2D eigenvalue weighted by atomic mass is 16.6. The van der Waals surface area contributed by atoms with Gasteiger partial charge in [-0.15, -0.1) is 0 Å². The number of methoxy groups -OCH3 is 4. The summed E-state index contributed by atoms with van der Waals surface area (Å²) < 4.78 is 39.0. The van der Waals surface area contributed by atoms with E-state index in [2.05, 4.69) is 0 Å². The topological polar surface area (TPSA) is 133 Å². The Morgan fingerprint density at radius 3 is 1.90 bits per heavy atom. The van der Waals surface area contributed by atoms with Crippen molar-refractivity contribution >= 4 is 23.7 Å². The van der Waals surface area contributed by atoms with Crippen LogP contribution in [0, 0.1) is 11.8 Å². The first-order valence-corrected chi connectivity index (χ1v) is 12.2. The number of ether oxygens (including phenoxy) is 7. The molecule has 0 spiro atoms. The number of rotatable bonds is 8. The molecule has 0 radical (unpaired) electrons. The summed E-state index contributed by atoms with van der Waals surface area (Å²) in [5.41, 5.74) is 2.08. The van der Waals surface area contributed by atoms with Crippen molar-refractivity contribution < 1.29 is 52.3 Å². The van der Waals surface area contributed by atoms with Crippen LogP contribution in [0.5, 0.6) is 34.5 Å². The van der Waals surface area contributed by atoms with Crippen LogP contribution in [0.25, 0.3) is 0 Å². The van der Waals surface area contributed by atoms with Gasteiger partial charge in [0, 0.05) is 55.2 Å². The Hall–Kier alpha value is -4.28. The van der Waals surface area contributed by atoms with E-state index in [1.54, 1.807) is 6.07 Å². The molecule has 0 saturated carbocycles. The Kier molecular flexibility index (Phi) is 7.71. The van der Waals surface area contributed by atoms with Crippen LogP contribution in [0.15, 0.2) is 12.1 Å². The van der Waals surface area contributed by atoms with E-state index in [-0.39, 0.29) is 58.9 Å². The number of benzene rings is 2. The van der Waals surface area contributed by atoms with Crippen molar-refractivity contribution in [2.24, 2.45) is 11.8 Å². The van der Waals surface area contributed by atoms with Gasteiger partial charge in [0.2, 0.25) is 11.5 Å². The van der Waals surface area contributed by atoms with Gasteiger partial charge in [-0.2, -0.15) is 0 Å². The fourth-order valence-electron chi connectivity index (χ4n) is 5.66. The van der Waals surface area contributed by atoms with Gasteiger partial charge in [-0.25, -0.2) is 0 Å². The van der Waals surface area contributed by atoms with Gasteiger partial charge >= 0.3 is 17.9 Å². The normalized spacial score (nSPS) is 18.7. The first-order chi connectivity index (χ1) is 18.6. The number of ketones is 1. The molecule has 2 aromatic carbocycles. The van der Waals surface area contributed by atoms with E-state index in [4.69, 9.17) is 33.2 Å². The summed E-state index contributed by atoms with van der Waals surface area (Å²) in [4.78, 5) is 49.7. The molecular weight excluding hydrogens is 512 g/mol. The maximum Gasteiger partial charge on any atom is 0.308 e. The second kappa shape index (κ2) is 10.8. The van der Waals surface area contributed by atoms with Crippen molar-refractivity contribution in [2.45, 2.75) is 33.1 Å². The molecule has 208 valence electrons. The molecule has 0 fully saturated rings. The van der Waals surface area contributed by atoms with E-state index >= 15 is 0 Å². The predicted octanol–water partition coefficient (Wildman–Crippen LogP) is 3.25. The molecule has 39 heavy (non-hydrogen) atoms. The van der Waals surface area contributed by atoms with Crippen LogP contribution < -0.4 is 28.4 Å². The summed E-state index contributed by atoms with van der Waals surface area (Å²) in [7, 11) is 5.67. The molecule has 0 aromatic heterocycles. The Morgan fingerprint density at radius 1 is 0.744 bits per heavy atom. The van der Waals surface area contributed by atoms with Gasteiger partial charge in [0.25, 0.3) is 0 Å². The van der Waals surface area contributed by atoms with E-state index < -0.39 is 35.7 Å². The zero-order valence-corrected chi connectivity index (χ0v) is 22.8. The van der Waals surface area contributed by atoms with Crippen LogP contribution in [0.3, 0.4) is 0 Å². The largest absolute Gasteiger partial charge is 0.493 e. The molecule has 0 N–H and O–H groups in total. The molecular formula is C28H30O11. The summed E-state index contributed by atoms with van der Waals surface area (Å²) >= 11 is 0. The van der Waals surface area contributed by atoms with Crippen LogP contribution in [-0.4, -0.2) is 58.7 Å². The van der Waals surface area contributed by atoms with Crippen molar-refractivity contribution in [3.8, 4) is 34.5 Å². The fraction of sp³-hybridized carbons (Fsp3) is 0.429. The number of hydrogen-bond acceptors (Lipinski definition) is 11. The molecule has 4 rings (SSSR count). The van der Waals surface area contributed by atoms with Crippen LogP contribution in [0.2, 0.25) is 0 Å². The molecule has 2 aliphatic rings. The van der Waals surface area contributed by atoms with E-state index in [9.17, 15) is 19.2 Å². The lowest BCUT2D eigenvalue weighted by atomic mass is 9.59. The van der Waals surface area contributed by atoms with Gasteiger partial charge in [-0.05, 0) is 24.1 Å². The van der Waals surface area contributed by atoms with E-state index in [0.29, 0.717) is 11.1 Å². The van der Waals surface area contributed by atoms with Crippen LogP contribution >= 0.6 is 0 Å². The smallest absolute Gasteiger partial charge is 0.308 e. The first-order valence-electron chi connectivity index (χ1n) is 12.2. The molecule has 0 saturated heterocycles. The van der Waals surface area contributed by atoms with Crippen molar-refractivity contribution in [3.05, 3.63) is 34.4 Å². The van der Waals surface area contributed by atoms with E-state index in [1.807, 2.05) is 0 Å². The zero-order valence-electron chi connectivity index (χ0n) is 22.8. The van der Waals surface area contributed by atoms with Gasteiger partial charge in [0.15, 0.2) is 28.8 Å². The van der Waals surface area contributed by atoms with Crippen LogP contribution in [-0.2, 0) is 25.5 Å². The summed E-state index contributed by atoms with van der Waals surface area (Å²) in [6.45, 7) is 3.73. The van der Waals surface area contributed by atoms with Gasteiger partial charge in [-0.3, -0.25) is 19.2 Å². The van der Waals surface area contributed by atoms with Crippen molar-refractivity contribution in [1.82, 2.24) is 0 Å². The third kappa shape index (κ3) is 4.73. The monoisotopic (exact) mass is 542 g/mol. The molecule has 0 amide bonds. The predicted molar refractivity (Wildman–Crippen MR) is 135 cm³/mol. The molecule has 11 nitrogen and oxygen atoms in total. The highest BCUT2D eigenvalue weighted by Crippen LogP contribution is 2.60. The number of carbonyl (C=O) groups excluding carboxylic acids is 4. The van der Waals surface area contributed by atoms with Gasteiger partial charge in [-0.1, -0.05) is 0 Å². The molecule has 0 heterocycles. The van der Waals surface area contributed by atoms with Gasteiger partial charge in [0.1, 0.15) is 0 Å². The zero-order chi connectivity index (χ0) is 28.6. The quantitative estimate of drug-likeness (QED) is 0.360. The average molecular weight is 543 g/mol. The van der Waals surface area contributed by atoms with E-state index in [1.165, 1.54) is 55.3 Å². The molecule has 2 bridgehead atoms. The van der Waals surface area contributed by atoms with Crippen molar-refractivity contribution in [3.63, 3.8) is 0 Å². The molecule has 3 atom stereocenters. The van der Waals surface area contributed by atoms with Gasteiger partial charge < -0.3 is 33.2 Å². The number of hydrogen-bond donors (Lipinski definition) is 0. The minimum atomic E-state index is -0.629.